The third kappa shape index (κ3) is 3.94. The van der Waals surface area contributed by atoms with Gasteiger partial charge in [-0.1, -0.05) is 29.3 Å². The Bertz CT molecular complexity index is 409. The van der Waals surface area contributed by atoms with E-state index in [-0.39, 0.29) is 0 Å². The van der Waals surface area contributed by atoms with Crippen molar-refractivity contribution in [3.8, 4) is 5.75 Å². The van der Waals surface area contributed by atoms with Gasteiger partial charge in [-0.25, -0.2) is 0 Å². The summed E-state index contributed by atoms with van der Waals surface area (Å²) in [4.78, 5) is 2.57. The van der Waals surface area contributed by atoms with Gasteiger partial charge in [0.05, 0.1) is 7.11 Å². The zero-order valence-corrected chi connectivity index (χ0v) is 13.4. The van der Waals surface area contributed by atoms with Crippen molar-refractivity contribution in [3.05, 3.63) is 28.2 Å². The van der Waals surface area contributed by atoms with Gasteiger partial charge in [0.15, 0.2) is 0 Å². The van der Waals surface area contributed by atoms with Crippen LogP contribution in [0.25, 0.3) is 0 Å². The second kappa shape index (κ2) is 7.27. The molecule has 4 heteroatoms. The Morgan fingerprint density at radius 1 is 1.47 bits per heavy atom. The van der Waals surface area contributed by atoms with Crippen LogP contribution in [0.3, 0.4) is 0 Å². The van der Waals surface area contributed by atoms with Crippen molar-refractivity contribution < 1.29 is 4.74 Å². The molecule has 1 aromatic carbocycles. The summed E-state index contributed by atoms with van der Waals surface area (Å²) in [5.74, 6) is 0.983. The van der Waals surface area contributed by atoms with Gasteiger partial charge in [0, 0.05) is 42.3 Å². The van der Waals surface area contributed by atoms with E-state index in [0.29, 0.717) is 6.04 Å². The van der Waals surface area contributed by atoms with Crippen molar-refractivity contribution in [1.82, 2.24) is 10.2 Å². The van der Waals surface area contributed by atoms with Crippen LogP contribution >= 0.6 is 15.9 Å². The van der Waals surface area contributed by atoms with Gasteiger partial charge in [0.1, 0.15) is 5.75 Å². The van der Waals surface area contributed by atoms with Crippen LogP contribution in [0, 0.1) is 0 Å². The number of benzene rings is 1. The Labute approximate surface area is 124 Å². The number of halogens is 1. The normalized spacial score (nSPS) is 20.5. The first kappa shape index (κ1) is 14.8. The summed E-state index contributed by atoms with van der Waals surface area (Å²) < 4.78 is 6.59. The van der Waals surface area contributed by atoms with Crippen molar-refractivity contribution in [3.63, 3.8) is 0 Å². The molecule has 19 heavy (non-hydrogen) atoms. The Morgan fingerprint density at radius 2 is 2.32 bits per heavy atom. The average molecular weight is 327 g/mol. The predicted octanol–water partition coefficient (Wildman–Crippen LogP) is 3.03. The molecule has 1 N–H and O–H groups in total. The maximum atomic E-state index is 5.47. The van der Waals surface area contributed by atoms with Crippen molar-refractivity contribution in [2.75, 3.05) is 26.7 Å². The van der Waals surface area contributed by atoms with Crippen LogP contribution in [-0.2, 0) is 6.54 Å². The molecule has 0 spiro atoms. The quantitative estimate of drug-likeness (QED) is 0.900. The molecule has 1 heterocycles. The second-order valence-electron chi connectivity index (χ2n) is 5.07. The highest BCUT2D eigenvalue weighted by molar-refractivity contribution is 9.10. The van der Waals surface area contributed by atoms with Crippen LogP contribution in [0.4, 0.5) is 0 Å². The minimum atomic E-state index is 0.641. The summed E-state index contributed by atoms with van der Waals surface area (Å²) in [5, 5.41) is 3.49. The monoisotopic (exact) mass is 326 g/mol. The molecule has 0 saturated carbocycles. The molecule has 1 fully saturated rings. The van der Waals surface area contributed by atoms with Crippen molar-refractivity contribution in [2.24, 2.45) is 0 Å². The van der Waals surface area contributed by atoms with Crippen molar-refractivity contribution in [2.45, 2.75) is 32.4 Å². The van der Waals surface area contributed by atoms with Gasteiger partial charge in [-0.15, -0.1) is 0 Å². The van der Waals surface area contributed by atoms with Crippen LogP contribution in [0.1, 0.15) is 25.3 Å². The van der Waals surface area contributed by atoms with Gasteiger partial charge in [-0.3, -0.25) is 4.90 Å². The first-order valence-electron chi connectivity index (χ1n) is 7.01. The maximum Gasteiger partial charge on any atom is 0.123 e. The van der Waals surface area contributed by atoms with E-state index in [1.165, 1.54) is 18.4 Å². The van der Waals surface area contributed by atoms with Gasteiger partial charge in [0.25, 0.3) is 0 Å². The van der Waals surface area contributed by atoms with Gasteiger partial charge in [-0.05, 0) is 24.6 Å². The third-order valence-corrected chi connectivity index (χ3v) is 4.20. The molecule has 0 amide bonds. The van der Waals surface area contributed by atoms with Crippen LogP contribution < -0.4 is 10.1 Å². The Balaban J connectivity index is 2.11. The maximum absolute atomic E-state index is 5.47. The van der Waals surface area contributed by atoms with E-state index in [1.54, 1.807) is 7.11 Å². The fourth-order valence-corrected chi connectivity index (χ4v) is 3.13. The zero-order valence-electron chi connectivity index (χ0n) is 11.8. The second-order valence-corrected chi connectivity index (χ2v) is 5.99. The third-order valence-electron chi connectivity index (χ3n) is 3.71. The summed E-state index contributed by atoms with van der Waals surface area (Å²) in [6.45, 7) is 6.52. The van der Waals surface area contributed by atoms with Gasteiger partial charge < -0.3 is 10.1 Å². The van der Waals surface area contributed by atoms with Gasteiger partial charge >= 0.3 is 0 Å². The lowest BCUT2D eigenvalue weighted by Crippen LogP contribution is -2.50. The molecule has 2 rings (SSSR count). The molecule has 1 aromatic rings. The summed E-state index contributed by atoms with van der Waals surface area (Å²) in [6, 6.07) is 6.88. The summed E-state index contributed by atoms with van der Waals surface area (Å²) in [7, 11) is 1.74. The fourth-order valence-electron chi connectivity index (χ4n) is 2.72. The molecule has 0 aromatic heterocycles. The van der Waals surface area contributed by atoms with E-state index in [2.05, 4.69) is 39.1 Å². The predicted molar refractivity (Wildman–Crippen MR) is 82.7 cm³/mol. The average Bonchev–Trinajstić information content (AvgIpc) is 2.42. The molecule has 1 aliphatic heterocycles. The molecule has 0 radical (unpaired) electrons. The van der Waals surface area contributed by atoms with E-state index in [9.17, 15) is 0 Å². The van der Waals surface area contributed by atoms with E-state index >= 15 is 0 Å². The SMILES string of the molecule is CCCC1CNCCN1Cc1cc(Br)ccc1OC. The molecule has 1 saturated heterocycles. The zero-order chi connectivity index (χ0) is 13.7. The molecule has 0 bridgehead atoms. The van der Waals surface area contributed by atoms with Crippen LogP contribution in [-0.4, -0.2) is 37.7 Å². The Morgan fingerprint density at radius 3 is 3.05 bits per heavy atom. The van der Waals surface area contributed by atoms with E-state index < -0.39 is 0 Å². The number of methoxy groups -OCH3 is 1. The highest BCUT2D eigenvalue weighted by Gasteiger charge is 2.22. The molecule has 106 valence electrons. The highest BCUT2D eigenvalue weighted by Crippen LogP contribution is 2.25. The number of piperazine rings is 1. The number of ether oxygens (including phenoxy) is 1. The number of nitrogens with one attached hydrogen (secondary N) is 1. The molecule has 1 aliphatic rings. The first-order valence-corrected chi connectivity index (χ1v) is 7.81. The smallest absolute Gasteiger partial charge is 0.123 e. The molecule has 0 aliphatic carbocycles. The fraction of sp³-hybridized carbons (Fsp3) is 0.600. The molecule has 3 nitrogen and oxygen atoms in total. The van der Waals surface area contributed by atoms with Crippen molar-refractivity contribution in [1.29, 1.82) is 0 Å². The number of hydrogen-bond donors (Lipinski definition) is 1. The van der Waals surface area contributed by atoms with E-state index in [4.69, 9.17) is 4.74 Å². The molecular weight excluding hydrogens is 304 g/mol. The number of nitrogens with zero attached hydrogens (tertiary/aromatic N) is 1. The summed E-state index contributed by atoms with van der Waals surface area (Å²) in [6.07, 6.45) is 2.49. The van der Waals surface area contributed by atoms with Gasteiger partial charge in [-0.2, -0.15) is 0 Å². The van der Waals surface area contributed by atoms with Crippen LogP contribution in [0.15, 0.2) is 22.7 Å². The Hall–Kier alpha value is -0.580. The van der Waals surface area contributed by atoms with Crippen molar-refractivity contribution >= 4 is 15.9 Å². The van der Waals surface area contributed by atoms with Crippen LogP contribution in [0.2, 0.25) is 0 Å². The minimum absolute atomic E-state index is 0.641. The largest absolute Gasteiger partial charge is 0.496 e. The molecule has 1 atom stereocenters. The van der Waals surface area contributed by atoms with E-state index in [0.717, 1.165) is 36.4 Å². The summed E-state index contributed by atoms with van der Waals surface area (Å²) in [5.41, 5.74) is 1.26. The minimum Gasteiger partial charge on any atom is -0.496 e. The van der Waals surface area contributed by atoms with E-state index in [1.807, 2.05) is 12.1 Å². The number of hydrogen-bond acceptors (Lipinski definition) is 3. The summed E-state index contributed by atoms with van der Waals surface area (Å²) >= 11 is 3.55. The lowest BCUT2D eigenvalue weighted by molar-refractivity contribution is 0.143. The highest BCUT2D eigenvalue weighted by atomic mass is 79.9. The Kier molecular flexibility index (Phi) is 5.67. The first-order chi connectivity index (χ1) is 9.24. The van der Waals surface area contributed by atoms with Gasteiger partial charge in [0.2, 0.25) is 0 Å². The lowest BCUT2D eigenvalue weighted by atomic mass is 10.1. The molecular formula is C15H23BrN2O. The molecule has 1 unspecified atom stereocenters. The lowest BCUT2D eigenvalue weighted by Gasteiger charge is -2.36. The number of rotatable bonds is 5. The van der Waals surface area contributed by atoms with Crippen LogP contribution in [0.5, 0.6) is 5.75 Å². The topological polar surface area (TPSA) is 24.5 Å². The standard InChI is InChI=1S/C15H23BrN2O/c1-3-4-14-10-17-7-8-18(14)11-12-9-13(16)5-6-15(12)19-2/h5-6,9,14,17H,3-4,7-8,10-11H2,1-2H3.